The summed E-state index contributed by atoms with van der Waals surface area (Å²) in [5, 5.41) is 15.1. The van der Waals surface area contributed by atoms with Crippen LogP contribution in [-0.4, -0.2) is 59.8 Å². The molecule has 3 aliphatic heterocycles. The van der Waals surface area contributed by atoms with Crippen molar-refractivity contribution in [2.75, 3.05) is 19.6 Å². The molecule has 2 amide bonds. The van der Waals surface area contributed by atoms with E-state index in [1.165, 1.54) is 0 Å². The summed E-state index contributed by atoms with van der Waals surface area (Å²) in [6.07, 6.45) is 1.98. The molecule has 232 valence electrons. The lowest BCUT2D eigenvalue weighted by atomic mass is 9.86. The van der Waals surface area contributed by atoms with Crippen LogP contribution in [0, 0.1) is 11.8 Å². The largest absolute Gasteiger partial charge is 0.489 e. The third-order valence-electron chi connectivity index (χ3n) is 8.37. The van der Waals surface area contributed by atoms with E-state index in [1.54, 1.807) is 24.3 Å². The summed E-state index contributed by atoms with van der Waals surface area (Å²) in [5.41, 5.74) is 3.03. The van der Waals surface area contributed by atoms with Crippen molar-refractivity contribution >= 4 is 18.0 Å². The van der Waals surface area contributed by atoms with Crippen LogP contribution in [0.3, 0.4) is 0 Å². The van der Waals surface area contributed by atoms with Crippen LogP contribution in [0.4, 0.5) is 4.79 Å². The van der Waals surface area contributed by atoms with Gasteiger partial charge in [-0.1, -0.05) is 68.4 Å². The van der Waals surface area contributed by atoms with Gasteiger partial charge in [-0.2, -0.15) is 0 Å². The highest BCUT2D eigenvalue weighted by Gasteiger charge is 2.37. The number of nitrogens with zero attached hydrogens (tertiary/aromatic N) is 1. The monoisotopic (exact) mass is 599 g/mol. The van der Waals surface area contributed by atoms with Crippen molar-refractivity contribution in [3.8, 4) is 5.75 Å². The van der Waals surface area contributed by atoms with Gasteiger partial charge in [-0.05, 0) is 85.1 Å². The highest BCUT2D eigenvalue weighted by atomic mass is 16.6. The van der Waals surface area contributed by atoms with Crippen LogP contribution in [0.5, 0.6) is 5.75 Å². The Morgan fingerprint density at radius 2 is 1.61 bits per heavy atom. The molecule has 3 aromatic carbocycles. The van der Waals surface area contributed by atoms with Crippen LogP contribution in [0.1, 0.15) is 66.2 Å². The number of hydrogen-bond acceptors (Lipinski definition) is 6. The minimum Gasteiger partial charge on any atom is -0.489 e. The molecule has 0 aromatic heterocycles. The molecule has 2 unspecified atom stereocenters. The molecule has 3 N–H and O–H groups in total. The van der Waals surface area contributed by atoms with Gasteiger partial charge in [0.05, 0.1) is 6.04 Å². The second-order valence-corrected chi connectivity index (χ2v) is 12.1. The molecule has 3 aliphatic rings. The fourth-order valence-electron chi connectivity index (χ4n) is 5.98. The summed E-state index contributed by atoms with van der Waals surface area (Å²) < 4.78 is 12.0. The smallest absolute Gasteiger partial charge is 0.408 e. The van der Waals surface area contributed by atoms with E-state index in [-0.39, 0.29) is 18.6 Å². The van der Waals surface area contributed by atoms with Gasteiger partial charge >= 0.3 is 12.1 Å². The summed E-state index contributed by atoms with van der Waals surface area (Å²) in [4.78, 5) is 39.6. The Hall–Kier alpha value is -4.37. The fraction of sp³-hybridized carbons (Fsp3) is 0.400. The first-order valence-corrected chi connectivity index (χ1v) is 15.3. The number of ether oxygens (including phenoxy) is 2. The number of alkyl carbamates (subject to hydrolysis) is 1. The van der Waals surface area contributed by atoms with Gasteiger partial charge in [-0.3, -0.25) is 9.69 Å². The van der Waals surface area contributed by atoms with E-state index < -0.39 is 30.1 Å². The first-order chi connectivity index (χ1) is 21.2. The third kappa shape index (κ3) is 8.17. The van der Waals surface area contributed by atoms with Gasteiger partial charge in [0.25, 0.3) is 5.91 Å². The lowest BCUT2D eigenvalue weighted by molar-refractivity contribution is -0.139. The minimum atomic E-state index is -1.05. The number of carbonyl (C=O) groups is 3. The summed E-state index contributed by atoms with van der Waals surface area (Å²) in [7, 11) is 0. The quantitative estimate of drug-likeness (QED) is 0.255. The lowest BCUT2D eigenvalue weighted by Gasteiger charge is -2.43. The summed E-state index contributed by atoms with van der Waals surface area (Å²) in [5.74, 6) is -0.278. The van der Waals surface area contributed by atoms with Crippen LogP contribution in [-0.2, 0) is 16.1 Å². The predicted molar refractivity (Wildman–Crippen MR) is 166 cm³/mol. The second kappa shape index (κ2) is 14.4. The Morgan fingerprint density at radius 3 is 2.25 bits per heavy atom. The fourth-order valence-corrected chi connectivity index (χ4v) is 5.98. The molecule has 0 radical (unpaired) electrons. The highest BCUT2D eigenvalue weighted by molar-refractivity contribution is 5.96. The number of nitrogens with one attached hydrogen (secondary N) is 2. The molecular formula is C35H41N3O6. The van der Waals surface area contributed by atoms with Crippen molar-refractivity contribution in [3.63, 3.8) is 0 Å². The van der Waals surface area contributed by atoms with E-state index in [4.69, 9.17) is 9.47 Å². The van der Waals surface area contributed by atoms with Gasteiger partial charge in [0.1, 0.15) is 24.5 Å². The Bertz CT molecular complexity index is 1420. The molecule has 6 rings (SSSR count). The average molecular weight is 600 g/mol. The molecule has 3 saturated heterocycles. The molecule has 2 bridgehead atoms. The van der Waals surface area contributed by atoms with Gasteiger partial charge in [0.15, 0.2) is 0 Å². The van der Waals surface area contributed by atoms with E-state index in [0.29, 0.717) is 23.7 Å². The molecular weight excluding hydrogens is 558 g/mol. The van der Waals surface area contributed by atoms with Gasteiger partial charge in [-0.25, -0.2) is 9.59 Å². The molecule has 0 aliphatic carbocycles. The van der Waals surface area contributed by atoms with Gasteiger partial charge < -0.3 is 25.2 Å². The number of piperidine rings is 3. The van der Waals surface area contributed by atoms with E-state index in [9.17, 15) is 19.5 Å². The molecule has 3 aromatic rings. The first-order valence-electron chi connectivity index (χ1n) is 15.3. The molecule has 9 heteroatoms. The summed E-state index contributed by atoms with van der Waals surface area (Å²) in [6.45, 7) is 7.05. The normalized spacial score (nSPS) is 20.4. The van der Waals surface area contributed by atoms with Crippen molar-refractivity contribution in [3.05, 3.63) is 101 Å². The maximum atomic E-state index is 13.1. The van der Waals surface area contributed by atoms with Crippen LogP contribution in [0.2, 0.25) is 0 Å². The standard InChI is InChI=1S/C35H41N3O6/c1-23(2)19-30(34(40)41)36-33(39)27-13-11-24(12-14-27)22-43-29-10-6-9-28(20-29)32(26-7-4-3-5-8-26)37-35(42)44-31-21-38-17-15-25(31)16-18-38/h3-14,20,23,25,30-32H,15-19,21-22H2,1-2H3,(H,36,39)(H,37,42)(H,40,41)/t30?,31-,32?/m0/s1. The Balaban J connectivity index is 1.22. The van der Waals surface area contributed by atoms with E-state index in [2.05, 4.69) is 15.5 Å². The number of hydrogen-bond donors (Lipinski definition) is 3. The second-order valence-electron chi connectivity index (χ2n) is 12.1. The number of carboxylic acids is 1. The van der Waals surface area contributed by atoms with Crippen molar-refractivity contribution in [1.29, 1.82) is 0 Å². The van der Waals surface area contributed by atoms with Crippen LogP contribution >= 0.6 is 0 Å². The SMILES string of the molecule is CC(C)CC(NC(=O)c1ccc(COc2cccc(C(NC(=O)O[C@H]3CN4CCC3CC4)c3ccccc3)c2)cc1)C(=O)O. The molecule has 3 heterocycles. The van der Waals surface area contributed by atoms with Gasteiger partial charge in [-0.15, -0.1) is 0 Å². The molecule has 3 fully saturated rings. The maximum absolute atomic E-state index is 13.1. The van der Waals surface area contributed by atoms with E-state index in [1.807, 2.05) is 68.4 Å². The Labute approximate surface area is 258 Å². The lowest BCUT2D eigenvalue weighted by Crippen LogP contribution is -2.52. The third-order valence-corrected chi connectivity index (χ3v) is 8.37. The van der Waals surface area contributed by atoms with Gasteiger partial charge in [0.2, 0.25) is 0 Å². The van der Waals surface area contributed by atoms with Gasteiger partial charge in [0, 0.05) is 12.1 Å². The maximum Gasteiger partial charge on any atom is 0.408 e. The first kappa shape index (κ1) is 31.1. The van der Waals surface area contributed by atoms with Crippen LogP contribution in [0.15, 0.2) is 78.9 Å². The molecule has 9 nitrogen and oxygen atoms in total. The summed E-state index contributed by atoms with van der Waals surface area (Å²) >= 11 is 0. The Morgan fingerprint density at radius 1 is 0.909 bits per heavy atom. The molecule has 3 atom stereocenters. The predicted octanol–water partition coefficient (Wildman–Crippen LogP) is 5.40. The van der Waals surface area contributed by atoms with Crippen molar-refractivity contribution in [2.45, 2.75) is 57.9 Å². The number of carbonyl (C=O) groups excluding carboxylic acids is 2. The molecule has 44 heavy (non-hydrogen) atoms. The topological polar surface area (TPSA) is 117 Å². The van der Waals surface area contributed by atoms with E-state index >= 15 is 0 Å². The molecule has 0 saturated carbocycles. The summed E-state index contributed by atoms with van der Waals surface area (Å²) in [6, 6.07) is 22.9. The number of carboxylic acid groups (broad SMARTS) is 1. The number of fused-ring (bicyclic) bond motifs is 3. The number of benzene rings is 3. The van der Waals surface area contributed by atoms with Crippen molar-refractivity contribution < 1.29 is 29.0 Å². The highest BCUT2D eigenvalue weighted by Crippen LogP contribution is 2.31. The molecule has 0 spiro atoms. The zero-order valence-corrected chi connectivity index (χ0v) is 25.3. The van der Waals surface area contributed by atoms with E-state index in [0.717, 1.165) is 49.2 Å². The zero-order chi connectivity index (χ0) is 31.1. The number of rotatable bonds is 12. The van der Waals surface area contributed by atoms with Crippen LogP contribution < -0.4 is 15.4 Å². The van der Waals surface area contributed by atoms with Crippen molar-refractivity contribution in [1.82, 2.24) is 15.5 Å². The Kier molecular flexibility index (Phi) is 10.2. The zero-order valence-electron chi connectivity index (χ0n) is 25.3. The van der Waals surface area contributed by atoms with Crippen molar-refractivity contribution in [2.24, 2.45) is 11.8 Å². The number of amides is 2. The number of aliphatic carboxylic acids is 1. The minimum absolute atomic E-state index is 0.0836. The van der Waals surface area contributed by atoms with Crippen LogP contribution in [0.25, 0.3) is 0 Å². The average Bonchev–Trinajstić information content (AvgIpc) is 3.03.